The summed E-state index contributed by atoms with van der Waals surface area (Å²) in [5.74, 6) is 0.218. The lowest BCUT2D eigenvalue weighted by Crippen LogP contribution is -2.41. The van der Waals surface area contributed by atoms with E-state index in [1.54, 1.807) is 26.2 Å². The first-order valence-corrected chi connectivity index (χ1v) is 10.9. The van der Waals surface area contributed by atoms with Crippen LogP contribution in [-0.4, -0.2) is 28.8 Å². The van der Waals surface area contributed by atoms with Gasteiger partial charge in [-0.3, -0.25) is 18.7 Å². The molecule has 0 spiro atoms. The lowest BCUT2D eigenvalue weighted by Gasteiger charge is -2.13. The van der Waals surface area contributed by atoms with Crippen molar-refractivity contribution in [1.29, 1.82) is 0 Å². The first-order chi connectivity index (χ1) is 14.5. The maximum absolute atomic E-state index is 13.4. The molecule has 0 unspecified atom stereocenters. The Morgan fingerprint density at radius 3 is 2.53 bits per heavy atom. The zero-order chi connectivity index (χ0) is 21.3. The second-order valence-corrected chi connectivity index (χ2v) is 8.39. The van der Waals surface area contributed by atoms with Crippen LogP contribution in [0.15, 0.2) is 33.9 Å². The van der Waals surface area contributed by atoms with Crippen molar-refractivity contribution in [2.24, 2.45) is 0 Å². The molecule has 0 N–H and O–H groups in total. The summed E-state index contributed by atoms with van der Waals surface area (Å²) in [5, 5.41) is 0.576. The Morgan fingerprint density at radius 1 is 1.10 bits per heavy atom. The molecular weight excluding hydrogens is 404 g/mol. The average molecular weight is 429 g/mol. The van der Waals surface area contributed by atoms with E-state index in [1.165, 1.54) is 20.5 Å². The molecule has 0 amide bonds. The molecule has 0 aliphatic heterocycles. The van der Waals surface area contributed by atoms with Crippen LogP contribution in [0.5, 0.6) is 5.75 Å². The van der Waals surface area contributed by atoms with Gasteiger partial charge in [0, 0.05) is 4.88 Å². The van der Waals surface area contributed by atoms with Crippen molar-refractivity contribution in [1.82, 2.24) is 9.13 Å². The molecule has 0 atom stereocenters. The highest BCUT2D eigenvalue weighted by atomic mass is 32.1. The fourth-order valence-electron chi connectivity index (χ4n) is 3.94. The van der Waals surface area contributed by atoms with Crippen molar-refractivity contribution in [3.05, 3.63) is 61.1 Å². The van der Waals surface area contributed by atoms with Gasteiger partial charge in [0.1, 0.15) is 17.1 Å². The Balaban J connectivity index is 1.89. The minimum absolute atomic E-state index is 0.130. The largest absolute Gasteiger partial charge is 0.497 e. The van der Waals surface area contributed by atoms with Gasteiger partial charge in [-0.25, -0.2) is 4.79 Å². The van der Waals surface area contributed by atoms with Crippen molar-refractivity contribution in [3.8, 4) is 5.75 Å². The van der Waals surface area contributed by atoms with Crippen molar-refractivity contribution >= 4 is 27.5 Å². The van der Waals surface area contributed by atoms with E-state index in [0.29, 0.717) is 16.0 Å². The topological polar surface area (TPSA) is 79.5 Å². The zero-order valence-corrected chi connectivity index (χ0v) is 17.9. The van der Waals surface area contributed by atoms with Gasteiger partial charge in [0.15, 0.2) is 0 Å². The maximum Gasteiger partial charge on any atom is 0.332 e. The van der Waals surface area contributed by atoms with E-state index < -0.39 is 11.7 Å². The van der Waals surface area contributed by atoms with E-state index in [9.17, 15) is 14.4 Å². The maximum atomic E-state index is 13.4. The van der Waals surface area contributed by atoms with Crippen LogP contribution >= 0.6 is 11.3 Å². The van der Waals surface area contributed by atoms with Gasteiger partial charge < -0.3 is 9.47 Å². The Labute approximate surface area is 177 Å². The Kier molecular flexibility index (Phi) is 5.76. The number of fused-ring (bicyclic) bond motifs is 3. The van der Waals surface area contributed by atoms with Crippen molar-refractivity contribution in [3.63, 3.8) is 0 Å². The third-order valence-electron chi connectivity index (χ3n) is 5.41. The molecule has 1 aliphatic carbocycles. The zero-order valence-electron chi connectivity index (χ0n) is 17.1. The van der Waals surface area contributed by atoms with E-state index in [1.807, 2.05) is 12.1 Å². The minimum Gasteiger partial charge on any atom is -0.497 e. The molecule has 7 nitrogen and oxygen atoms in total. The van der Waals surface area contributed by atoms with Gasteiger partial charge >= 0.3 is 11.7 Å². The molecule has 158 valence electrons. The molecule has 30 heavy (non-hydrogen) atoms. The fraction of sp³-hybridized carbons (Fsp3) is 0.409. The van der Waals surface area contributed by atoms with Gasteiger partial charge in [-0.15, -0.1) is 11.3 Å². The number of ether oxygens (including phenoxy) is 2. The van der Waals surface area contributed by atoms with E-state index in [0.717, 1.165) is 41.7 Å². The monoisotopic (exact) mass is 428 g/mol. The van der Waals surface area contributed by atoms with Crippen LogP contribution in [0.3, 0.4) is 0 Å². The Bertz CT molecular complexity index is 1200. The van der Waals surface area contributed by atoms with Gasteiger partial charge in [0.05, 0.1) is 25.6 Å². The summed E-state index contributed by atoms with van der Waals surface area (Å²) in [4.78, 5) is 40.6. The number of thiophene rings is 1. The summed E-state index contributed by atoms with van der Waals surface area (Å²) in [5.41, 5.74) is 1.06. The number of aryl methyl sites for hydroxylation is 2. The second-order valence-electron chi connectivity index (χ2n) is 7.30. The third kappa shape index (κ3) is 3.67. The van der Waals surface area contributed by atoms with Crippen LogP contribution in [0, 0.1) is 0 Å². The van der Waals surface area contributed by atoms with Gasteiger partial charge in [0.25, 0.3) is 5.56 Å². The summed E-state index contributed by atoms with van der Waals surface area (Å²) in [6.07, 6.45) is 3.82. The Hall–Kier alpha value is -2.87. The molecule has 1 aliphatic rings. The number of hydrogen-bond acceptors (Lipinski definition) is 6. The molecule has 0 saturated carbocycles. The number of carbonyl (C=O) groups is 1. The molecule has 8 heteroatoms. The van der Waals surface area contributed by atoms with Crippen molar-refractivity contribution in [2.75, 3.05) is 13.7 Å². The van der Waals surface area contributed by atoms with Gasteiger partial charge in [0.2, 0.25) is 0 Å². The number of benzene rings is 1. The van der Waals surface area contributed by atoms with E-state index in [2.05, 4.69) is 0 Å². The molecule has 2 aromatic heterocycles. The predicted molar refractivity (Wildman–Crippen MR) is 116 cm³/mol. The number of rotatable bonds is 6. The predicted octanol–water partition coefficient (Wildman–Crippen LogP) is 2.72. The summed E-state index contributed by atoms with van der Waals surface area (Å²) in [7, 11) is 1.58. The van der Waals surface area contributed by atoms with Crippen LogP contribution in [-0.2, 0) is 35.5 Å². The third-order valence-corrected chi connectivity index (χ3v) is 6.73. The van der Waals surface area contributed by atoms with Gasteiger partial charge in [-0.2, -0.15) is 0 Å². The van der Waals surface area contributed by atoms with Gasteiger partial charge in [-0.1, -0.05) is 12.1 Å². The number of methoxy groups -OCH3 is 1. The normalized spacial score (nSPS) is 13.3. The number of nitrogens with zero attached hydrogens (tertiary/aromatic N) is 2. The van der Waals surface area contributed by atoms with Crippen LogP contribution in [0.2, 0.25) is 0 Å². The average Bonchev–Trinajstić information content (AvgIpc) is 3.14. The van der Waals surface area contributed by atoms with Crippen LogP contribution in [0.1, 0.15) is 35.8 Å². The molecular formula is C22H24N2O5S. The molecule has 4 rings (SSSR count). The standard InChI is InChI=1S/C22H24N2O5S/c1-3-29-18(25)13-24-21-19(16-6-4-5-7-17(16)30-21)20(26)23(22(24)27)12-14-8-10-15(28-2)11-9-14/h8-11H,3-7,12-13H2,1-2H3. The lowest BCUT2D eigenvalue weighted by molar-refractivity contribution is -0.143. The SMILES string of the molecule is CCOC(=O)Cn1c(=O)n(Cc2ccc(OC)cc2)c(=O)c2c3c(sc21)CCCC3. The van der Waals surface area contributed by atoms with Gasteiger partial charge in [-0.05, 0) is 55.9 Å². The highest BCUT2D eigenvalue weighted by Crippen LogP contribution is 2.34. The summed E-state index contributed by atoms with van der Waals surface area (Å²) >= 11 is 1.46. The minimum atomic E-state index is -0.491. The molecule has 0 radical (unpaired) electrons. The number of carbonyl (C=O) groups excluding carboxylic acids is 1. The molecule has 2 heterocycles. The van der Waals surface area contributed by atoms with Crippen LogP contribution in [0.25, 0.3) is 10.2 Å². The van der Waals surface area contributed by atoms with E-state index >= 15 is 0 Å². The second kappa shape index (κ2) is 8.47. The van der Waals surface area contributed by atoms with Crippen molar-refractivity contribution in [2.45, 2.75) is 45.7 Å². The summed E-state index contributed by atoms with van der Waals surface area (Å²) in [6.45, 7) is 1.89. The smallest absolute Gasteiger partial charge is 0.332 e. The fourth-order valence-corrected chi connectivity index (χ4v) is 5.32. The molecule has 0 fully saturated rings. The first kappa shape index (κ1) is 20.4. The first-order valence-electron chi connectivity index (χ1n) is 10.1. The molecule has 0 bridgehead atoms. The summed E-state index contributed by atoms with van der Waals surface area (Å²) in [6, 6.07) is 7.24. The highest BCUT2D eigenvalue weighted by Gasteiger charge is 2.24. The molecule has 3 aromatic rings. The molecule has 0 saturated heterocycles. The highest BCUT2D eigenvalue weighted by molar-refractivity contribution is 7.18. The number of hydrogen-bond donors (Lipinski definition) is 0. The van der Waals surface area contributed by atoms with E-state index in [4.69, 9.17) is 9.47 Å². The number of aromatic nitrogens is 2. The van der Waals surface area contributed by atoms with E-state index in [-0.39, 0.29) is 25.3 Å². The quantitative estimate of drug-likeness (QED) is 0.564. The Morgan fingerprint density at radius 2 is 1.83 bits per heavy atom. The summed E-state index contributed by atoms with van der Waals surface area (Å²) < 4.78 is 12.9. The van der Waals surface area contributed by atoms with Crippen LogP contribution < -0.4 is 16.0 Å². The van der Waals surface area contributed by atoms with Crippen LogP contribution in [0.4, 0.5) is 0 Å². The van der Waals surface area contributed by atoms with Crippen molar-refractivity contribution < 1.29 is 14.3 Å². The molecule has 1 aromatic carbocycles. The number of esters is 1. The lowest BCUT2D eigenvalue weighted by atomic mass is 9.97.